The molecule has 0 spiro atoms. The van der Waals surface area contributed by atoms with Crippen molar-refractivity contribution in [1.29, 1.82) is 0 Å². The average Bonchev–Trinajstić information content (AvgIpc) is 3.45. The van der Waals surface area contributed by atoms with E-state index in [2.05, 4.69) is 127 Å². The van der Waals surface area contributed by atoms with E-state index in [-0.39, 0.29) is 37.7 Å². The molecule has 434 valence electrons. The maximum Gasteiger partial charge on any atom is 0.344 e. The predicted octanol–water partition coefficient (Wildman–Crippen LogP) is 18.1. The van der Waals surface area contributed by atoms with Crippen LogP contribution >= 0.6 is 90.4 Å². The molecule has 6 aromatic rings. The van der Waals surface area contributed by atoms with E-state index in [9.17, 15) is 14.4 Å². The summed E-state index contributed by atoms with van der Waals surface area (Å²) in [6.45, 7) is 9.47. The van der Waals surface area contributed by atoms with Gasteiger partial charge in [-0.2, -0.15) is 0 Å². The van der Waals surface area contributed by atoms with Gasteiger partial charge >= 0.3 is 17.9 Å². The number of carbonyl (C=O) groups is 3. The van der Waals surface area contributed by atoms with Crippen molar-refractivity contribution in [3.05, 3.63) is 135 Å². The van der Waals surface area contributed by atoms with Crippen LogP contribution in [0.15, 0.2) is 124 Å². The van der Waals surface area contributed by atoms with Gasteiger partial charge in [-0.1, -0.05) is 19.3 Å². The fourth-order valence-electron chi connectivity index (χ4n) is 10.7. The molecular formula is C65H69I4O12S+. The second-order valence-corrected chi connectivity index (χ2v) is 28.8. The molecule has 3 aliphatic rings. The fourth-order valence-corrected chi connectivity index (χ4v) is 15.0. The molecule has 0 saturated heterocycles. The van der Waals surface area contributed by atoms with E-state index in [0.29, 0.717) is 51.7 Å². The molecule has 3 saturated carbocycles. The molecule has 3 fully saturated rings. The number of halogens is 4. The van der Waals surface area contributed by atoms with E-state index in [0.717, 1.165) is 117 Å². The Bertz CT molecular complexity index is 2870. The van der Waals surface area contributed by atoms with Gasteiger partial charge in [0.2, 0.25) is 0 Å². The average molecular weight is 1580 g/mol. The van der Waals surface area contributed by atoms with Crippen molar-refractivity contribution in [3.8, 4) is 51.7 Å². The molecule has 0 amide bonds. The quantitative estimate of drug-likeness (QED) is 0.0294. The van der Waals surface area contributed by atoms with Crippen LogP contribution in [0.4, 0.5) is 0 Å². The standard InChI is InChI=1S/C65H69I4O12S/c1-42-34-58(52(68)35-54(42)73-39-60(70)79-63(3)27-9-6-10-28-63)77-45-17-23-48(24-18-45)82(47-21-15-44(16-22-47)76-55-36-50(66)56(33-43(55)2)74-40-61(71)80-64(4)29-11-7-12-30-64)49-25-19-46(20-26-49)78-59-38-51(67)57(37-53(59)69)75-41-62(72)81-65(5)31-13-8-14-32-65/h15-26,33-38H,6-14,27-32,39-41H2,1-5H3/q+1. The number of esters is 3. The summed E-state index contributed by atoms with van der Waals surface area (Å²) in [5.74, 6) is 4.74. The van der Waals surface area contributed by atoms with Crippen LogP contribution in [0.5, 0.6) is 51.7 Å². The van der Waals surface area contributed by atoms with Crippen molar-refractivity contribution in [2.45, 2.75) is 162 Å². The maximum absolute atomic E-state index is 12.8. The van der Waals surface area contributed by atoms with Crippen molar-refractivity contribution in [2.24, 2.45) is 0 Å². The van der Waals surface area contributed by atoms with Gasteiger partial charge in [-0.15, -0.1) is 0 Å². The molecule has 0 heterocycles. The number of aryl methyl sites for hydroxylation is 2. The molecule has 82 heavy (non-hydrogen) atoms. The van der Waals surface area contributed by atoms with Crippen LogP contribution in [0.2, 0.25) is 0 Å². The lowest BCUT2D eigenvalue weighted by Gasteiger charge is -2.33. The number of rotatable bonds is 21. The first kappa shape index (κ1) is 62.3. The number of hydrogen-bond donors (Lipinski definition) is 0. The minimum atomic E-state index is -0.583. The van der Waals surface area contributed by atoms with Gasteiger partial charge in [-0.25, -0.2) is 14.4 Å². The van der Waals surface area contributed by atoms with Crippen molar-refractivity contribution in [1.82, 2.24) is 0 Å². The van der Waals surface area contributed by atoms with Crippen LogP contribution < -0.4 is 28.4 Å². The molecule has 0 bridgehead atoms. The summed E-state index contributed by atoms with van der Waals surface area (Å²) in [4.78, 5) is 41.6. The van der Waals surface area contributed by atoms with Crippen LogP contribution in [-0.2, 0) is 39.5 Å². The van der Waals surface area contributed by atoms with Crippen molar-refractivity contribution in [2.75, 3.05) is 19.8 Å². The van der Waals surface area contributed by atoms with Crippen LogP contribution in [-0.4, -0.2) is 54.5 Å². The zero-order chi connectivity index (χ0) is 58.0. The molecule has 0 radical (unpaired) electrons. The van der Waals surface area contributed by atoms with Crippen LogP contribution in [0.25, 0.3) is 0 Å². The summed E-state index contributed by atoms with van der Waals surface area (Å²) in [6, 6.07) is 35.9. The number of benzene rings is 6. The van der Waals surface area contributed by atoms with E-state index in [1.807, 2.05) is 107 Å². The van der Waals surface area contributed by atoms with Gasteiger partial charge in [0.1, 0.15) is 68.5 Å². The summed E-state index contributed by atoms with van der Waals surface area (Å²) in [6.07, 6.45) is 15.2. The van der Waals surface area contributed by atoms with Gasteiger partial charge in [0.15, 0.2) is 34.5 Å². The van der Waals surface area contributed by atoms with Crippen molar-refractivity contribution >= 4 is 119 Å². The summed E-state index contributed by atoms with van der Waals surface area (Å²) >= 11 is 8.89. The Morgan fingerprint density at radius 3 is 1.04 bits per heavy atom. The maximum atomic E-state index is 12.8. The molecule has 17 heteroatoms. The number of hydrogen-bond acceptors (Lipinski definition) is 12. The predicted molar refractivity (Wildman–Crippen MR) is 351 cm³/mol. The normalized spacial score (nSPS) is 16.6. The second kappa shape index (κ2) is 28.3. The van der Waals surface area contributed by atoms with Gasteiger partial charge < -0.3 is 42.6 Å². The Morgan fingerprint density at radius 2 is 0.646 bits per heavy atom. The van der Waals surface area contributed by atoms with Crippen molar-refractivity contribution in [3.63, 3.8) is 0 Å². The Hall–Kier alpha value is -4.20. The third-order valence-corrected chi connectivity index (χ3v) is 20.8. The van der Waals surface area contributed by atoms with E-state index in [1.54, 1.807) is 0 Å². The van der Waals surface area contributed by atoms with E-state index in [4.69, 9.17) is 42.6 Å². The van der Waals surface area contributed by atoms with Gasteiger partial charge in [0.25, 0.3) is 0 Å². The lowest BCUT2D eigenvalue weighted by atomic mass is 9.86. The van der Waals surface area contributed by atoms with Crippen LogP contribution in [0.1, 0.15) is 128 Å². The van der Waals surface area contributed by atoms with Crippen molar-refractivity contribution < 1.29 is 57.0 Å². The highest BCUT2D eigenvalue weighted by atomic mass is 127. The minimum Gasteiger partial charge on any atom is -0.482 e. The molecule has 12 nitrogen and oxygen atoms in total. The Kier molecular flexibility index (Phi) is 21.5. The topological polar surface area (TPSA) is 134 Å². The first-order valence-electron chi connectivity index (χ1n) is 28.0. The smallest absolute Gasteiger partial charge is 0.344 e. The van der Waals surface area contributed by atoms with E-state index >= 15 is 0 Å². The van der Waals surface area contributed by atoms with Crippen LogP contribution in [0.3, 0.4) is 0 Å². The second-order valence-electron chi connectivity index (χ2n) is 22.2. The van der Waals surface area contributed by atoms with Gasteiger partial charge in [0, 0.05) is 0 Å². The summed E-state index contributed by atoms with van der Waals surface area (Å²) in [5, 5.41) is 0. The highest BCUT2D eigenvalue weighted by Gasteiger charge is 2.34. The zero-order valence-electron chi connectivity index (χ0n) is 46.9. The largest absolute Gasteiger partial charge is 0.482 e. The molecule has 6 aromatic carbocycles. The fraction of sp³-hybridized carbons (Fsp3) is 0.400. The van der Waals surface area contributed by atoms with E-state index < -0.39 is 27.7 Å². The summed E-state index contributed by atoms with van der Waals surface area (Å²) < 4.78 is 58.3. The Balaban J connectivity index is 0.896. The first-order valence-corrected chi connectivity index (χ1v) is 33.6. The lowest BCUT2D eigenvalue weighted by molar-refractivity contribution is -0.164. The lowest BCUT2D eigenvalue weighted by Crippen LogP contribution is -2.35. The third-order valence-electron chi connectivity index (χ3n) is 15.2. The number of ether oxygens (including phenoxy) is 9. The number of carbonyl (C=O) groups excluding carboxylic acids is 3. The first-order chi connectivity index (χ1) is 39.3. The molecular weight excluding hydrogens is 1510 g/mol. The van der Waals surface area contributed by atoms with Gasteiger partial charge in [-0.05, 0) is 322 Å². The Morgan fingerprint density at radius 1 is 0.378 bits per heavy atom. The molecule has 0 aromatic heterocycles. The minimum absolute atomic E-state index is 0.157. The molecule has 0 N–H and O–H groups in total. The molecule has 0 aliphatic heterocycles. The van der Waals surface area contributed by atoms with Crippen LogP contribution in [0, 0.1) is 28.1 Å². The molecule has 1 unspecified atom stereocenters. The monoisotopic (exact) mass is 1580 g/mol. The summed E-state index contributed by atoms with van der Waals surface area (Å²) in [5.41, 5.74) is 0.426. The Labute approximate surface area is 539 Å². The summed E-state index contributed by atoms with van der Waals surface area (Å²) in [7, 11) is -0.583. The third kappa shape index (κ3) is 17.0. The van der Waals surface area contributed by atoms with Gasteiger partial charge in [-0.3, -0.25) is 0 Å². The molecule has 9 rings (SSSR count). The molecule has 1 atom stereocenters. The highest BCUT2D eigenvalue weighted by molar-refractivity contribution is 14.1. The zero-order valence-corrected chi connectivity index (χ0v) is 56.4. The SMILES string of the molecule is Cc1cc(Oc2ccc([S+](c3ccc(Oc4cc(I)c(OCC(=O)OC5(C)CCCCC5)cc4C)cc3)c3ccc(Oc4cc(I)c(OCC(=O)OC5(C)CCCCC5)cc4I)cc3)cc2)c(I)cc1OCC(=O)OC1(C)CCCCC1. The highest BCUT2D eigenvalue weighted by Crippen LogP contribution is 2.41. The van der Waals surface area contributed by atoms with E-state index in [1.165, 1.54) is 19.3 Å². The van der Waals surface area contributed by atoms with Gasteiger partial charge in [0.05, 0.1) is 25.2 Å². The molecule has 3 aliphatic carbocycles.